The van der Waals surface area contributed by atoms with Gasteiger partial charge in [0.2, 0.25) is 15.9 Å². The fraction of sp³-hybridized carbons (Fsp3) is 0.650. The van der Waals surface area contributed by atoms with Crippen molar-refractivity contribution in [1.29, 1.82) is 0 Å². The topological polar surface area (TPSA) is 92.3 Å². The second-order valence-corrected chi connectivity index (χ2v) is 10.2. The number of nitrogens with zero attached hydrogens (tertiary/aromatic N) is 3. The molecule has 2 heterocycles. The van der Waals surface area contributed by atoms with Crippen LogP contribution in [-0.2, 0) is 14.8 Å². The monoisotopic (exact) mass is 438 g/mol. The van der Waals surface area contributed by atoms with Gasteiger partial charge in [-0.15, -0.1) is 0 Å². The Bertz CT molecular complexity index is 921. The summed E-state index contributed by atoms with van der Waals surface area (Å²) in [6.45, 7) is 5.75. The van der Waals surface area contributed by atoms with Crippen LogP contribution in [0.4, 0.5) is 0 Å². The first kappa shape index (κ1) is 22.1. The number of rotatable bonds is 9. The standard InChI is InChI=1S/C20H30N4O3S2/c1-3-5-7-15(4-2)14-21-20(25)16-10-12-24(13-11-16)29(26,27)18-9-6-8-17-19(18)23-28-22-17/h6,8-9,15-16H,3-5,7,10-14H2,1-2H3,(H,21,25). The van der Waals surface area contributed by atoms with Crippen LogP contribution in [0.2, 0.25) is 0 Å². The van der Waals surface area contributed by atoms with Crippen LogP contribution in [0.3, 0.4) is 0 Å². The average molecular weight is 439 g/mol. The lowest BCUT2D eigenvalue weighted by molar-refractivity contribution is -0.126. The van der Waals surface area contributed by atoms with Gasteiger partial charge in [0.25, 0.3) is 0 Å². The third-order valence-electron chi connectivity index (χ3n) is 5.80. The molecule has 29 heavy (non-hydrogen) atoms. The zero-order chi connectivity index (χ0) is 20.9. The summed E-state index contributed by atoms with van der Waals surface area (Å²) in [6.07, 6.45) is 5.65. The number of benzene rings is 1. The second kappa shape index (κ2) is 9.95. The molecule has 1 aromatic carbocycles. The van der Waals surface area contributed by atoms with Crippen molar-refractivity contribution in [2.24, 2.45) is 11.8 Å². The van der Waals surface area contributed by atoms with Crippen LogP contribution < -0.4 is 5.32 Å². The molecule has 0 radical (unpaired) electrons. The van der Waals surface area contributed by atoms with Crippen LogP contribution in [-0.4, -0.2) is 47.0 Å². The molecule has 1 atom stereocenters. The predicted molar refractivity (Wildman–Crippen MR) is 115 cm³/mol. The summed E-state index contributed by atoms with van der Waals surface area (Å²) in [5.41, 5.74) is 1.02. The Kier molecular flexibility index (Phi) is 7.59. The number of sulfonamides is 1. The van der Waals surface area contributed by atoms with E-state index in [0.717, 1.165) is 24.6 Å². The Morgan fingerprint density at radius 3 is 2.72 bits per heavy atom. The number of hydrogen-bond acceptors (Lipinski definition) is 6. The molecule has 1 aliphatic heterocycles. The van der Waals surface area contributed by atoms with Gasteiger partial charge in [0.15, 0.2) is 0 Å². The molecule has 1 aliphatic rings. The summed E-state index contributed by atoms with van der Waals surface area (Å²) in [5, 5.41) is 3.09. The molecule has 1 aromatic heterocycles. The lowest BCUT2D eigenvalue weighted by atomic mass is 9.95. The van der Waals surface area contributed by atoms with Crippen molar-refractivity contribution in [2.45, 2.75) is 57.3 Å². The maximum absolute atomic E-state index is 13.1. The number of carbonyl (C=O) groups is 1. The van der Waals surface area contributed by atoms with Crippen LogP contribution in [0.15, 0.2) is 23.1 Å². The largest absolute Gasteiger partial charge is 0.356 e. The predicted octanol–water partition coefficient (Wildman–Crippen LogP) is 3.42. The molecule has 3 rings (SSSR count). The Hall–Kier alpha value is -1.58. The normalized spacial score (nSPS) is 17.4. The van der Waals surface area contributed by atoms with E-state index in [1.807, 2.05) is 0 Å². The highest BCUT2D eigenvalue weighted by atomic mass is 32.2. The van der Waals surface area contributed by atoms with E-state index in [4.69, 9.17) is 0 Å². The zero-order valence-corrected chi connectivity index (χ0v) is 18.8. The van der Waals surface area contributed by atoms with Crippen molar-refractivity contribution in [3.63, 3.8) is 0 Å². The minimum Gasteiger partial charge on any atom is -0.356 e. The summed E-state index contributed by atoms with van der Waals surface area (Å²) in [5.74, 6) is 0.455. The smallest absolute Gasteiger partial charge is 0.245 e. The van der Waals surface area contributed by atoms with E-state index in [9.17, 15) is 13.2 Å². The third kappa shape index (κ3) is 5.13. The van der Waals surface area contributed by atoms with Crippen molar-refractivity contribution in [3.05, 3.63) is 18.2 Å². The van der Waals surface area contributed by atoms with Crippen molar-refractivity contribution in [2.75, 3.05) is 19.6 Å². The van der Waals surface area contributed by atoms with E-state index < -0.39 is 10.0 Å². The first-order chi connectivity index (χ1) is 14.0. The molecule has 1 N–H and O–H groups in total. The summed E-state index contributed by atoms with van der Waals surface area (Å²) in [4.78, 5) is 12.8. The number of carbonyl (C=O) groups excluding carboxylic acids is 1. The van der Waals surface area contributed by atoms with Gasteiger partial charge in [-0.1, -0.05) is 39.2 Å². The molecule has 160 valence electrons. The highest BCUT2D eigenvalue weighted by Gasteiger charge is 2.33. The van der Waals surface area contributed by atoms with Gasteiger partial charge >= 0.3 is 0 Å². The SMILES string of the molecule is CCCCC(CC)CNC(=O)C1CCN(S(=O)(=O)c2cccc3nsnc23)CC1. The van der Waals surface area contributed by atoms with Gasteiger partial charge in [-0.3, -0.25) is 4.79 Å². The minimum absolute atomic E-state index is 0.0581. The minimum atomic E-state index is -3.64. The molecule has 2 aromatic rings. The molecular formula is C20H30N4O3S2. The lowest BCUT2D eigenvalue weighted by Crippen LogP contribution is -2.43. The number of piperidine rings is 1. The van der Waals surface area contributed by atoms with E-state index in [2.05, 4.69) is 27.9 Å². The van der Waals surface area contributed by atoms with Gasteiger partial charge in [0.05, 0.1) is 11.7 Å². The first-order valence-electron chi connectivity index (χ1n) is 10.5. The second-order valence-electron chi connectivity index (χ2n) is 7.73. The summed E-state index contributed by atoms with van der Waals surface area (Å²) >= 11 is 1.01. The maximum Gasteiger partial charge on any atom is 0.245 e. The van der Waals surface area contributed by atoms with Crippen LogP contribution >= 0.6 is 11.7 Å². The van der Waals surface area contributed by atoms with Gasteiger partial charge < -0.3 is 5.32 Å². The van der Waals surface area contributed by atoms with E-state index in [0.29, 0.717) is 49.4 Å². The number of nitrogens with one attached hydrogen (secondary N) is 1. The molecule has 1 unspecified atom stereocenters. The van der Waals surface area contributed by atoms with Crippen LogP contribution in [0.1, 0.15) is 52.4 Å². The molecule has 0 bridgehead atoms. The average Bonchev–Trinajstić information content (AvgIpc) is 3.22. The molecule has 1 fully saturated rings. The Morgan fingerprint density at radius 1 is 1.28 bits per heavy atom. The molecule has 1 amide bonds. The summed E-state index contributed by atoms with van der Waals surface area (Å²) < 4.78 is 35.9. The fourth-order valence-corrected chi connectivity index (χ4v) is 6.04. The zero-order valence-electron chi connectivity index (χ0n) is 17.1. The highest BCUT2D eigenvalue weighted by molar-refractivity contribution is 7.89. The van der Waals surface area contributed by atoms with Crippen LogP contribution in [0, 0.1) is 11.8 Å². The quantitative estimate of drug-likeness (QED) is 0.648. The van der Waals surface area contributed by atoms with Gasteiger partial charge in [0.1, 0.15) is 15.9 Å². The Balaban J connectivity index is 1.57. The number of unbranched alkanes of at least 4 members (excludes halogenated alkanes) is 1. The van der Waals surface area contributed by atoms with Crippen molar-refractivity contribution in [3.8, 4) is 0 Å². The fourth-order valence-electron chi connectivity index (χ4n) is 3.82. The van der Waals surface area contributed by atoms with Crippen molar-refractivity contribution in [1.82, 2.24) is 18.4 Å². The number of hydrogen-bond donors (Lipinski definition) is 1. The van der Waals surface area contributed by atoms with Gasteiger partial charge in [-0.25, -0.2) is 8.42 Å². The van der Waals surface area contributed by atoms with Crippen LogP contribution in [0.5, 0.6) is 0 Å². The molecule has 1 saturated heterocycles. The van der Waals surface area contributed by atoms with E-state index in [1.54, 1.807) is 18.2 Å². The molecule has 7 nitrogen and oxygen atoms in total. The molecule has 9 heteroatoms. The first-order valence-corrected chi connectivity index (χ1v) is 12.6. The third-order valence-corrected chi connectivity index (χ3v) is 8.27. The van der Waals surface area contributed by atoms with E-state index in [-0.39, 0.29) is 16.7 Å². The van der Waals surface area contributed by atoms with Gasteiger partial charge in [0, 0.05) is 25.6 Å². The number of aromatic nitrogens is 2. The molecule has 0 spiro atoms. The van der Waals surface area contributed by atoms with Crippen LogP contribution in [0.25, 0.3) is 11.0 Å². The van der Waals surface area contributed by atoms with Gasteiger partial charge in [-0.05, 0) is 37.3 Å². The highest BCUT2D eigenvalue weighted by Crippen LogP contribution is 2.28. The summed E-state index contributed by atoms with van der Waals surface area (Å²) in [7, 11) is -3.64. The maximum atomic E-state index is 13.1. The van der Waals surface area contributed by atoms with E-state index >= 15 is 0 Å². The number of fused-ring (bicyclic) bond motifs is 1. The lowest BCUT2D eigenvalue weighted by Gasteiger charge is -2.31. The molecular weight excluding hydrogens is 408 g/mol. The van der Waals surface area contributed by atoms with Crippen molar-refractivity contribution >= 4 is 38.7 Å². The van der Waals surface area contributed by atoms with Gasteiger partial charge in [-0.2, -0.15) is 13.1 Å². The summed E-state index contributed by atoms with van der Waals surface area (Å²) in [6, 6.07) is 5.04. The Morgan fingerprint density at radius 2 is 2.03 bits per heavy atom. The van der Waals surface area contributed by atoms with E-state index in [1.165, 1.54) is 17.1 Å². The molecule has 0 aliphatic carbocycles. The molecule has 0 saturated carbocycles. The van der Waals surface area contributed by atoms with Crippen molar-refractivity contribution < 1.29 is 13.2 Å². The Labute approximate surface area is 177 Å². The number of amides is 1.